The van der Waals surface area contributed by atoms with Gasteiger partial charge in [0, 0.05) is 19.5 Å². The normalized spacial score (nSPS) is 11.7. The van der Waals surface area contributed by atoms with E-state index in [-0.39, 0.29) is 36.9 Å². The molecule has 1 amide bonds. The van der Waals surface area contributed by atoms with E-state index in [9.17, 15) is 27.6 Å². The number of nitrogens with zero attached hydrogens (tertiary/aromatic N) is 1. The topological polar surface area (TPSA) is 93.2 Å². The SMILES string of the molecule is CC(C)Oc1ccc(CNC(=O)CCn2c(=O)[nH]c(=O)c3ccccc32)c(C(F)(F)F)c1. The van der Waals surface area contributed by atoms with Crippen molar-refractivity contribution in [2.24, 2.45) is 0 Å². The number of nitrogens with one attached hydrogen (secondary N) is 2. The number of carbonyl (C=O) groups is 1. The third kappa shape index (κ3) is 5.37. The minimum absolute atomic E-state index is 0.0464. The van der Waals surface area contributed by atoms with Gasteiger partial charge in [0.2, 0.25) is 5.91 Å². The van der Waals surface area contributed by atoms with Gasteiger partial charge in [-0.25, -0.2) is 4.79 Å². The molecule has 3 rings (SSSR count). The molecule has 0 atom stereocenters. The Bertz CT molecular complexity index is 1250. The molecular formula is C22H22F3N3O4. The molecule has 2 aromatic carbocycles. The standard InChI is InChI=1S/C22H22F3N3O4/c1-13(2)32-15-8-7-14(17(11-15)22(23,24)25)12-26-19(29)9-10-28-18-6-4-3-5-16(18)20(30)27-21(28)31/h3-8,11,13H,9-10,12H2,1-2H3,(H,26,29)(H,27,30,31). The highest BCUT2D eigenvalue weighted by molar-refractivity contribution is 5.78. The average molecular weight is 449 g/mol. The van der Waals surface area contributed by atoms with Crippen LogP contribution < -0.4 is 21.3 Å². The molecule has 0 unspecified atom stereocenters. The van der Waals surface area contributed by atoms with Crippen molar-refractivity contribution in [2.75, 3.05) is 0 Å². The van der Waals surface area contributed by atoms with Gasteiger partial charge in [-0.05, 0) is 43.7 Å². The van der Waals surface area contributed by atoms with E-state index in [0.717, 1.165) is 6.07 Å². The highest BCUT2D eigenvalue weighted by atomic mass is 19.4. The molecule has 10 heteroatoms. The van der Waals surface area contributed by atoms with Gasteiger partial charge in [-0.2, -0.15) is 13.2 Å². The van der Waals surface area contributed by atoms with Gasteiger partial charge in [0.1, 0.15) is 5.75 Å². The first-order valence-electron chi connectivity index (χ1n) is 9.91. The number of aromatic amines is 1. The molecule has 0 saturated carbocycles. The summed E-state index contributed by atoms with van der Waals surface area (Å²) in [5, 5.41) is 2.75. The van der Waals surface area contributed by atoms with E-state index in [2.05, 4.69) is 10.3 Å². The molecule has 32 heavy (non-hydrogen) atoms. The Morgan fingerprint density at radius 2 is 1.88 bits per heavy atom. The number of benzene rings is 2. The van der Waals surface area contributed by atoms with Gasteiger partial charge in [-0.15, -0.1) is 0 Å². The molecule has 1 aromatic heterocycles. The fourth-order valence-electron chi connectivity index (χ4n) is 3.28. The van der Waals surface area contributed by atoms with Crippen molar-refractivity contribution in [3.8, 4) is 5.75 Å². The number of para-hydroxylation sites is 1. The molecule has 0 spiro atoms. The summed E-state index contributed by atoms with van der Waals surface area (Å²) in [7, 11) is 0. The van der Waals surface area contributed by atoms with Crippen LogP contribution in [0.5, 0.6) is 5.75 Å². The number of hydrogen-bond acceptors (Lipinski definition) is 4. The van der Waals surface area contributed by atoms with E-state index in [4.69, 9.17) is 4.74 Å². The van der Waals surface area contributed by atoms with Crippen molar-refractivity contribution in [1.29, 1.82) is 0 Å². The number of fused-ring (bicyclic) bond motifs is 1. The summed E-state index contributed by atoms with van der Waals surface area (Å²) in [6, 6.07) is 10.0. The molecule has 2 N–H and O–H groups in total. The van der Waals surface area contributed by atoms with E-state index < -0.39 is 28.9 Å². The molecule has 0 radical (unpaired) electrons. The second-order valence-corrected chi connectivity index (χ2v) is 7.44. The van der Waals surface area contributed by atoms with Gasteiger partial charge in [-0.1, -0.05) is 18.2 Å². The fourth-order valence-corrected chi connectivity index (χ4v) is 3.28. The first kappa shape index (κ1) is 23.1. The molecule has 0 bridgehead atoms. The average Bonchev–Trinajstić information content (AvgIpc) is 2.71. The largest absolute Gasteiger partial charge is 0.491 e. The molecule has 1 heterocycles. The van der Waals surface area contributed by atoms with Crippen LogP contribution in [0.15, 0.2) is 52.1 Å². The second-order valence-electron chi connectivity index (χ2n) is 7.44. The third-order valence-electron chi connectivity index (χ3n) is 4.70. The van der Waals surface area contributed by atoms with Crippen LogP contribution in [0, 0.1) is 0 Å². The number of H-pyrrole nitrogens is 1. The van der Waals surface area contributed by atoms with Crippen LogP contribution in [0.3, 0.4) is 0 Å². The lowest BCUT2D eigenvalue weighted by molar-refractivity contribution is -0.138. The van der Waals surface area contributed by atoms with E-state index >= 15 is 0 Å². The lowest BCUT2D eigenvalue weighted by atomic mass is 10.1. The summed E-state index contributed by atoms with van der Waals surface area (Å²) in [6.07, 6.45) is -5.06. The Hall–Kier alpha value is -3.56. The van der Waals surface area contributed by atoms with Gasteiger partial charge in [0.05, 0.1) is 22.6 Å². The number of amides is 1. The zero-order chi connectivity index (χ0) is 23.5. The summed E-state index contributed by atoms with van der Waals surface area (Å²) >= 11 is 0. The summed E-state index contributed by atoms with van der Waals surface area (Å²) in [4.78, 5) is 38.5. The molecule has 0 aliphatic carbocycles. The zero-order valence-corrected chi connectivity index (χ0v) is 17.5. The van der Waals surface area contributed by atoms with Crippen molar-refractivity contribution in [2.45, 2.75) is 45.6 Å². The molecule has 0 aliphatic rings. The minimum Gasteiger partial charge on any atom is -0.491 e. The number of ether oxygens (including phenoxy) is 1. The van der Waals surface area contributed by atoms with Crippen LogP contribution in [0.4, 0.5) is 13.2 Å². The second kappa shape index (κ2) is 9.29. The summed E-state index contributed by atoms with van der Waals surface area (Å²) in [5.41, 5.74) is -1.82. The molecule has 0 fully saturated rings. The zero-order valence-electron chi connectivity index (χ0n) is 17.5. The molecule has 0 saturated heterocycles. The van der Waals surface area contributed by atoms with Crippen molar-refractivity contribution in [3.05, 3.63) is 74.4 Å². The monoisotopic (exact) mass is 449 g/mol. The maximum absolute atomic E-state index is 13.4. The van der Waals surface area contributed by atoms with E-state index in [1.807, 2.05) is 0 Å². The van der Waals surface area contributed by atoms with Crippen molar-refractivity contribution in [1.82, 2.24) is 14.9 Å². The Kier molecular flexibility index (Phi) is 6.71. The molecule has 0 aliphatic heterocycles. The highest BCUT2D eigenvalue weighted by Gasteiger charge is 2.34. The smallest absolute Gasteiger partial charge is 0.416 e. The van der Waals surface area contributed by atoms with Gasteiger partial charge in [0.15, 0.2) is 0 Å². The van der Waals surface area contributed by atoms with E-state index in [1.54, 1.807) is 38.1 Å². The van der Waals surface area contributed by atoms with Crippen LogP contribution >= 0.6 is 0 Å². The Balaban J connectivity index is 1.72. The fraction of sp³-hybridized carbons (Fsp3) is 0.318. The van der Waals surface area contributed by atoms with Crippen molar-refractivity contribution >= 4 is 16.8 Å². The molecule has 170 valence electrons. The lowest BCUT2D eigenvalue weighted by Crippen LogP contribution is -2.32. The molecular weight excluding hydrogens is 427 g/mol. The van der Waals surface area contributed by atoms with Crippen LogP contribution in [0.2, 0.25) is 0 Å². The maximum Gasteiger partial charge on any atom is 0.416 e. The maximum atomic E-state index is 13.4. The quantitative estimate of drug-likeness (QED) is 0.579. The predicted molar refractivity (Wildman–Crippen MR) is 113 cm³/mol. The first-order chi connectivity index (χ1) is 15.1. The van der Waals surface area contributed by atoms with E-state index in [1.165, 1.54) is 16.7 Å². The summed E-state index contributed by atoms with van der Waals surface area (Å²) in [6.45, 7) is 3.03. The number of aryl methyl sites for hydroxylation is 1. The minimum atomic E-state index is -4.61. The summed E-state index contributed by atoms with van der Waals surface area (Å²) in [5.74, 6) is -0.450. The number of aromatic nitrogens is 2. The highest BCUT2D eigenvalue weighted by Crippen LogP contribution is 2.34. The third-order valence-corrected chi connectivity index (χ3v) is 4.70. The van der Waals surface area contributed by atoms with Gasteiger partial charge in [-0.3, -0.25) is 19.1 Å². The Morgan fingerprint density at radius 1 is 1.16 bits per heavy atom. The number of hydrogen-bond donors (Lipinski definition) is 2. The van der Waals surface area contributed by atoms with Gasteiger partial charge in [0.25, 0.3) is 5.56 Å². The Labute approximate surface area is 180 Å². The number of halogens is 3. The lowest BCUT2D eigenvalue weighted by Gasteiger charge is -2.17. The van der Waals surface area contributed by atoms with Crippen molar-refractivity contribution in [3.63, 3.8) is 0 Å². The number of alkyl halides is 3. The van der Waals surface area contributed by atoms with Crippen LogP contribution in [0.25, 0.3) is 10.9 Å². The number of carbonyl (C=O) groups excluding carboxylic acids is 1. The van der Waals surface area contributed by atoms with E-state index in [0.29, 0.717) is 10.9 Å². The molecule has 3 aromatic rings. The predicted octanol–water partition coefficient (Wildman–Crippen LogP) is 3.20. The van der Waals surface area contributed by atoms with Crippen molar-refractivity contribution < 1.29 is 22.7 Å². The van der Waals surface area contributed by atoms with Gasteiger partial charge < -0.3 is 10.1 Å². The first-order valence-corrected chi connectivity index (χ1v) is 9.91. The van der Waals surface area contributed by atoms with Crippen LogP contribution in [-0.4, -0.2) is 21.6 Å². The Morgan fingerprint density at radius 3 is 2.56 bits per heavy atom. The summed E-state index contributed by atoms with van der Waals surface area (Å²) < 4.78 is 46.9. The van der Waals surface area contributed by atoms with Crippen LogP contribution in [0.1, 0.15) is 31.4 Å². The van der Waals surface area contributed by atoms with Crippen LogP contribution in [-0.2, 0) is 24.1 Å². The molecule has 7 nitrogen and oxygen atoms in total. The number of rotatable bonds is 7. The van der Waals surface area contributed by atoms with Gasteiger partial charge >= 0.3 is 11.9 Å².